The minimum Gasteiger partial charge on any atom is -0.495 e. The Kier molecular flexibility index (Phi) is 6.02. The number of ketones is 1. The van der Waals surface area contributed by atoms with Gasteiger partial charge < -0.3 is 9.47 Å². The van der Waals surface area contributed by atoms with Gasteiger partial charge in [-0.15, -0.1) is 0 Å². The molecule has 1 aromatic heterocycles. The Morgan fingerprint density at radius 1 is 1.06 bits per heavy atom. The minimum absolute atomic E-state index is 0.186. The summed E-state index contributed by atoms with van der Waals surface area (Å²) in [6.45, 7) is 12.6. The third-order valence-corrected chi connectivity index (χ3v) is 5.38. The molecule has 0 fully saturated rings. The smallest absolute Gasteiger partial charge is 0.201 e. The molecule has 0 bridgehead atoms. The van der Waals surface area contributed by atoms with Crippen LogP contribution in [-0.2, 0) is 21.3 Å². The molecule has 0 aromatic carbocycles. The molecule has 1 aliphatic heterocycles. The molecule has 32 heavy (non-hydrogen) atoms. The van der Waals surface area contributed by atoms with Gasteiger partial charge in [0, 0.05) is 28.5 Å². The molecular formula is C27H31N2O3+. The first-order valence-electron chi connectivity index (χ1n) is 10.6. The van der Waals surface area contributed by atoms with Crippen LogP contribution in [0.1, 0.15) is 47.1 Å². The lowest BCUT2D eigenvalue weighted by Crippen LogP contribution is -2.27. The molecular weight excluding hydrogens is 400 g/mol. The lowest BCUT2D eigenvalue weighted by molar-refractivity contribution is -0.671. The van der Waals surface area contributed by atoms with Crippen molar-refractivity contribution < 1.29 is 18.8 Å². The summed E-state index contributed by atoms with van der Waals surface area (Å²) in [4.78, 5) is 13.1. The van der Waals surface area contributed by atoms with Crippen molar-refractivity contribution in [3.8, 4) is 6.07 Å². The molecule has 166 valence electrons. The molecule has 1 aromatic rings. The number of Topliss-reactive ketones (excluding diaryl/α,β-unsaturated/α-hetero) is 1. The van der Waals surface area contributed by atoms with Gasteiger partial charge in [0.2, 0.25) is 5.78 Å². The number of rotatable bonds is 3. The van der Waals surface area contributed by atoms with Crippen LogP contribution in [0.15, 0.2) is 76.8 Å². The van der Waals surface area contributed by atoms with Gasteiger partial charge in [-0.3, -0.25) is 4.79 Å². The van der Waals surface area contributed by atoms with Gasteiger partial charge in [0.1, 0.15) is 30.4 Å². The topological polar surface area (TPSA) is 63.2 Å². The number of carbonyl (C=O) groups excluding carboxylic acids is 1. The Bertz CT molecular complexity index is 1120. The maximum Gasteiger partial charge on any atom is 0.201 e. The van der Waals surface area contributed by atoms with Gasteiger partial charge in [-0.2, -0.15) is 5.26 Å². The molecule has 0 amide bonds. The third kappa shape index (κ3) is 4.45. The van der Waals surface area contributed by atoms with Gasteiger partial charge in [-0.05, 0) is 23.8 Å². The van der Waals surface area contributed by atoms with Crippen molar-refractivity contribution >= 4 is 11.4 Å². The Morgan fingerprint density at radius 2 is 1.59 bits per heavy atom. The van der Waals surface area contributed by atoms with Crippen LogP contribution in [0, 0.1) is 22.2 Å². The summed E-state index contributed by atoms with van der Waals surface area (Å²) >= 11 is 0. The number of hydrogen-bond donors (Lipinski definition) is 0. The highest BCUT2D eigenvalue weighted by Gasteiger charge is 2.38. The molecule has 2 heterocycles. The van der Waals surface area contributed by atoms with Crippen LogP contribution in [-0.4, -0.2) is 12.9 Å². The fourth-order valence-corrected chi connectivity index (χ4v) is 3.43. The summed E-state index contributed by atoms with van der Waals surface area (Å²) in [6, 6.07) is 5.82. The number of nitrogens with zero attached hydrogens (tertiary/aromatic N) is 2. The van der Waals surface area contributed by atoms with Crippen LogP contribution >= 0.6 is 0 Å². The normalized spacial score (nSPS) is 18.2. The molecule has 0 saturated heterocycles. The summed E-state index contributed by atoms with van der Waals surface area (Å²) < 4.78 is 13.6. The molecule has 1 aliphatic carbocycles. The van der Waals surface area contributed by atoms with E-state index in [1.165, 1.54) is 7.11 Å². The van der Waals surface area contributed by atoms with E-state index in [0.29, 0.717) is 28.0 Å². The van der Waals surface area contributed by atoms with Gasteiger partial charge in [0.25, 0.3) is 0 Å². The molecule has 0 atom stereocenters. The summed E-state index contributed by atoms with van der Waals surface area (Å²) in [7, 11) is 3.42. The predicted molar refractivity (Wildman–Crippen MR) is 123 cm³/mol. The first-order valence-corrected chi connectivity index (χ1v) is 10.6. The van der Waals surface area contributed by atoms with Gasteiger partial charge in [-0.25, -0.2) is 4.57 Å². The van der Waals surface area contributed by atoms with Crippen molar-refractivity contribution in [2.75, 3.05) is 7.11 Å². The van der Waals surface area contributed by atoms with E-state index in [9.17, 15) is 10.1 Å². The van der Waals surface area contributed by atoms with Crippen LogP contribution in [0.25, 0.3) is 5.57 Å². The van der Waals surface area contributed by atoms with Crippen molar-refractivity contribution in [1.29, 1.82) is 5.26 Å². The predicted octanol–water partition coefficient (Wildman–Crippen LogP) is 5.09. The lowest BCUT2D eigenvalue weighted by Gasteiger charge is -2.33. The van der Waals surface area contributed by atoms with Crippen molar-refractivity contribution in [3.63, 3.8) is 0 Å². The number of aryl methyl sites for hydroxylation is 1. The second-order valence-corrected chi connectivity index (χ2v) is 10.2. The van der Waals surface area contributed by atoms with E-state index in [4.69, 9.17) is 9.47 Å². The molecule has 2 aliphatic rings. The largest absolute Gasteiger partial charge is 0.495 e. The van der Waals surface area contributed by atoms with E-state index < -0.39 is 0 Å². The maximum absolute atomic E-state index is 13.1. The molecule has 3 rings (SSSR count). The highest BCUT2D eigenvalue weighted by Crippen LogP contribution is 2.41. The Labute approximate surface area is 190 Å². The number of aromatic nitrogens is 1. The average Bonchev–Trinajstić information content (AvgIpc) is 2.72. The van der Waals surface area contributed by atoms with E-state index in [0.717, 1.165) is 17.1 Å². The number of pyridine rings is 1. The Hall–Kier alpha value is -3.39. The fraction of sp³-hybridized carbons (Fsp3) is 0.370. The lowest BCUT2D eigenvalue weighted by atomic mass is 9.81. The van der Waals surface area contributed by atoms with Gasteiger partial charge in [0.05, 0.1) is 23.8 Å². The number of hydrogen-bond acceptors (Lipinski definition) is 4. The number of nitriles is 1. The Balaban J connectivity index is 2.14. The van der Waals surface area contributed by atoms with Crippen molar-refractivity contribution in [2.45, 2.75) is 41.5 Å². The van der Waals surface area contributed by atoms with Gasteiger partial charge in [0.15, 0.2) is 12.4 Å². The summed E-state index contributed by atoms with van der Waals surface area (Å²) in [5.41, 5.74) is 2.28. The second-order valence-electron chi connectivity index (χ2n) is 10.2. The number of ether oxygens (including phenoxy) is 2. The third-order valence-electron chi connectivity index (χ3n) is 5.38. The zero-order valence-electron chi connectivity index (χ0n) is 20.2. The van der Waals surface area contributed by atoms with Crippen LogP contribution in [0.2, 0.25) is 0 Å². The van der Waals surface area contributed by atoms with Crippen molar-refractivity contribution in [3.05, 3.63) is 82.3 Å². The highest BCUT2D eigenvalue weighted by molar-refractivity contribution is 6.26. The van der Waals surface area contributed by atoms with E-state index >= 15 is 0 Å². The van der Waals surface area contributed by atoms with Crippen molar-refractivity contribution in [2.24, 2.45) is 17.9 Å². The van der Waals surface area contributed by atoms with Crippen LogP contribution < -0.4 is 4.57 Å². The summed E-state index contributed by atoms with van der Waals surface area (Å²) in [6.07, 6.45) is 9.44. The van der Waals surface area contributed by atoms with E-state index in [-0.39, 0.29) is 16.6 Å². The van der Waals surface area contributed by atoms with Crippen LogP contribution in [0.5, 0.6) is 0 Å². The standard InChI is InChI=1S/C27H31N2O3/c1-26(2,3)21-14-17(15-22(32-21)27(4,5)6)13-19-24(30)23(25(19)31-8)20(16-28)18-9-11-29(7)12-10-18/h9-15H,1-8H3/q+1. The maximum atomic E-state index is 13.1. The average molecular weight is 432 g/mol. The Morgan fingerprint density at radius 3 is 2.03 bits per heavy atom. The van der Waals surface area contributed by atoms with E-state index in [2.05, 4.69) is 47.6 Å². The van der Waals surface area contributed by atoms with Crippen LogP contribution in [0.4, 0.5) is 0 Å². The number of allylic oxidation sites excluding steroid dienone is 9. The highest BCUT2D eigenvalue weighted by atomic mass is 16.5. The molecule has 0 saturated carbocycles. The number of methoxy groups -OCH3 is 1. The van der Waals surface area contributed by atoms with Gasteiger partial charge >= 0.3 is 0 Å². The van der Waals surface area contributed by atoms with Gasteiger partial charge in [-0.1, -0.05) is 41.5 Å². The van der Waals surface area contributed by atoms with Crippen LogP contribution in [0.3, 0.4) is 0 Å². The zero-order chi connectivity index (χ0) is 23.8. The van der Waals surface area contributed by atoms with E-state index in [1.54, 1.807) is 0 Å². The SMILES string of the molecule is COC1=C(C=C2C=C(C(C)(C)C)OC(C(C)(C)C)=C2)C(=O)C1=C(C#N)c1cc[n+](C)cc1. The first-order chi connectivity index (χ1) is 14.9. The summed E-state index contributed by atoms with van der Waals surface area (Å²) in [5, 5.41) is 9.78. The minimum atomic E-state index is -0.193. The molecule has 0 unspecified atom stereocenters. The first kappa shape index (κ1) is 23.3. The van der Waals surface area contributed by atoms with Crippen molar-refractivity contribution in [1.82, 2.24) is 0 Å². The van der Waals surface area contributed by atoms with E-state index in [1.807, 2.05) is 54.4 Å². The molecule has 0 spiro atoms. The number of carbonyl (C=O) groups is 1. The zero-order valence-corrected chi connectivity index (χ0v) is 20.2. The molecule has 0 N–H and O–H groups in total. The molecule has 5 nitrogen and oxygen atoms in total. The second kappa shape index (κ2) is 8.27. The quantitative estimate of drug-likeness (QED) is 0.380. The summed E-state index contributed by atoms with van der Waals surface area (Å²) in [5.74, 6) is 1.93. The molecule has 5 heteroatoms. The molecule has 0 radical (unpaired) electrons. The monoisotopic (exact) mass is 431 g/mol. The fourth-order valence-electron chi connectivity index (χ4n) is 3.43.